The van der Waals surface area contributed by atoms with Crippen molar-refractivity contribution >= 4 is 10.0 Å². The maximum absolute atomic E-state index is 12.8. The monoisotopic (exact) mass is 392 g/mol. The fraction of sp³-hybridized carbons (Fsp3) is 0.400. The van der Waals surface area contributed by atoms with Crippen LogP contribution in [0.4, 0.5) is 13.2 Å². The normalized spacial score (nSPS) is 15.7. The van der Waals surface area contributed by atoms with Crippen LogP contribution >= 0.6 is 0 Å². The maximum Gasteiger partial charge on any atom is 0.573 e. The van der Waals surface area contributed by atoms with Crippen molar-refractivity contribution in [1.82, 2.24) is 9.29 Å². The number of oxazole rings is 1. The Hall–Kier alpha value is -2.11. The Balaban J connectivity index is 1.83. The van der Waals surface area contributed by atoms with Crippen LogP contribution in [0.3, 0.4) is 0 Å². The molecule has 1 aromatic carbocycles. The SMILES string of the molecule is COCc1nc2c(o1)CCN(S(=O)(=O)c1cccc(OC(F)(F)F)c1)C2. The van der Waals surface area contributed by atoms with Gasteiger partial charge in [0.15, 0.2) is 0 Å². The Labute approximate surface area is 147 Å². The van der Waals surface area contributed by atoms with Gasteiger partial charge in [-0.25, -0.2) is 13.4 Å². The predicted octanol–water partition coefficient (Wildman–Crippen LogP) is 2.47. The standard InChI is InChI=1S/C15H15F3N2O5S/c1-23-9-14-19-12-8-20(6-5-13(12)24-14)26(21,22)11-4-2-3-10(7-11)25-15(16,17)18/h2-4,7H,5-6,8-9H2,1H3. The summed E-state index contributed by atoms with van der Waals surface area (Å²) in [5.41, 5.74) is 0.467. The molecule has 0 amide bonds. The van der Waals surface area contributed by atoms with E-state index in [-0.39, 0.29) is 24.6 Å². The molecular formula is C15H15F3N2O5S. The summed E-state index contributed by atoms with van der Waals surface area (Å²) in [5, 5.41) is 0. The number of sulfonamides is 1. The lowest BCUT2D eigenvalue weighted by Gasteiger charge is -2.24. The fourth-order valence-electron chi connectivity index (χ4n) is 2.60. The number of nitrogens with zero attached hydrogens (tertiary/aromatic N) is 2. The molecule has 0 bridgehead atoms. The Bertz CT molecular complexity index is 895. The van der Waals surface area contributed by atoms with E-state index < -0.39 is 22.1 Å². The molecule has 0 saturated carbocycles. The molecule has 0 atom stereocenters. The van der Waals surface area contributed by atoms with E-state index in [4.69, 9.17) is 9.15 Å². The van der Waals surface area contributed by atoms with Gasteiger partial charge in [0.1, 0.15) is 18.1 Å². The van der Waals surface area contributed by atoms with Gasteiger partial charge in [-0.05, 0) is 12.1 Å². The van der Waals surface area contributed by atoms with Gasteiger partial charge in [0.05, 0.1) is 17.1 Å². The molecule has 0 radical (unpaired) electrons. The van der Waals surface area contributed by atoms with Gasteiger partial charge >= 0.3 is 6.36 Å². The first-order valence-electron chi connectivity index (χ1n) is 7.51. The summed E-state index contributed by atoms with van der Waals surface area (Å²) in [4.78, 5) is 3.90. The molecule has 0 saturated heterocycles. The van der Waals surface area contributed by atoms with Crippen LogP contribution in [-0.2, 0) is 34.3 Å². The summed E-state index contributed by atoms with van der Waals surface area (Å²) < 4.78 is 77.9. The van der Waals surface area contributed by atoms with Gasteiger partial charge in [-0.15, -0.1) is 13.2 Å². The zero-order valence-corrected chi connectivity index (χ0v) is 14.4. The molecule has 0 N–H and O–H groups in total. The molecule has 3 rings (SSSR count). The molecule has 1 aromatic heterocycles. The first kappa shape index (κ1) is 18.7. The Morgan fingerprint density at radius 3 is 2.81 bits per heavy atom. The van der Waals surface area contributed by atoms with Crippen molar-refractivity contribution in [2.75, 3.05) is 13.7 Å². The second kappa shape index (κ2) is 6.89. The van der Waals surface area contributed by atoms with Crippen molar-refractivity contribution in [3.63, 3.8) is 0 Å². The molecule has 0 unspecified atom stereocenters. The lowest BCUT2D eigenvalue weighted by Crippen LogP contribution is -2.35. The molecule has 0 aliphatic carbocycles. The highest BCUT2D eigenvalue weighted by atomic mass is 32.2. The van der Waals surface area contributed by atoms with Crippen LogP contribution < -0.4 is 4.74 Å². The minimum Gasteiger partial charge on any atom is -0.443 e. The van der Waals surface area contributed by atoms with Gasteiger partial charge in [0, 0.05) is 26.1 Å². The van der Waals surface area contributed by atoms with E-state index >= 15 is 0 Å². The number of hydrogen-bond acceptors (Lipinski definition) is 6. The van der Waals surface area contributed by atoms with E-state index in [2.05, 4.69) is 9.72 Å². The van der Waals surface area contributed by atoms with E-state index in [1.807, 2.05) is 0 Å². The van der Waals surface area contributed by atoms with Crippen molar-refractivity contribution in [3.8, 4) is 5.75 Å². The minimum atomic E-state index is -4.90. The molecule has 26 heavy (non-hydrogen) atoms. The van der Waals surface area contributed by atoms with Crippen LogP contribution in [0.1, 0.15) is 17.3 Å². The average molecular weight is 392 g/mol. The average Bonchev–Trinajstić information content (AvgIpc) is 2.95. The predicted molar refractivity (Wildman–Crippen MR) is 81.6 cm³/mol. The van der Waals surface area contributed by atoms with Gasteiger partial charge in [-0.1, -0.05) is 6.07 Å². The van der Waals surface area contributed by atoms with E-state index in [9.17, 15) is 21.6 Å². The Kier molecular flexibility index (Phi) is 4.95. The summed E-state index contributed by atoms with van der Waals surface area (Å²) in [6.45, 7) is 0.257. The highest BCUT2D eigenvalue weighted by Crippen LogP contribution is 2.29. The lowest BCUT2D eigenvalue weighted by molar-refractivity contribution is -0.274. The summed E-state index contributed by atoms with van der Waals surface area (Å²) in [5.74, 6) is 0.329. The smallest absolute Gasteiger partial charge is 0.443 e. The third kappa shape index (κ3) is 4.00. The highest BCUT2D eigenvalue weighted by molar-refractivity contribution is 7.89. The van der Waals surface area contributed by atoms with Crippen molar-refractivity contribution in [2.24, 2.45) is 0 Å². The molecule has 11 heteroatoms. The molecule has 2 aromatic rings. The number of benzene rings is 1. The van der Waals surface area contributed by atoms with Crippen LogP contribution in [0.25, 0.3) is 0 Å². The van der Waals surface area contributed by atoms with E-state index in [1.165, 1.54) is 19.2 Å². The zero-order chi connectivity index (χ0) is 18.9. The molecule has 0 fully saturated rings. The van der Waals surface area contributed by atoms with Crippen LogP contribution in [0.5, 0.6) is 5.75 Å². The number of rotatable bonds is 5. The quantitative estimate of drug-likeness (QED) is 0.778. The largest absolute Gasteiger partial charge is 0.573 e. The molecule has 142 valence electrons. The maximum atomic E-state index is 12.8. The number of ether oxygens (including phenoxy) is 2. The van der Waals surface area contributed by atoms with E-state index in [1.54, 1.807) is 0 Å². The first-order chi connectivity index (χ1) is 12.2. The first-order valence-corrected chi connectivity index (χ1v) is 8.95. The van der Waals surface area contributed by atoms with Gasteiger partial charge in [-0.2, -0.15) is 4.31 Å². The second-order valence-corrected chi connectivity index (χ2v) is 7.46. The number of fused-ring (bicyclic) bond motifs is 1. The second-order valence-electron chi connectivity index (χ2n) is 5.52. The van der Waals surface area contributed by atoms with E-state index in [0.717, 1.165) is 16.4 Å². The molecule has 1 aliphatic heterocycles. The molecule has 0 spiro atoms. The van der Waals surface area contributed by atoms with Gasteiger partial charge in [0.2, 0.25) is 15.9 Å². The third-order valence-electron chi connectivity index (χ3n) is 3.68. The minimum absolute atomic E-state index is 0.0325. The van der Waals surface area contributed by atoms with Gasteiger partial charge in [-0.3, -0.25) is 0 Å². The van der Waals surface area contributed by atoms with Gasteiger partial charge in [0.25, 0.3) is 0 Å². The summed E-state index contributed by atoms with van der Waals surface area (Å²) in [6, 6.07) is 4.29. The van der Waals surface area contributed by atoms with Crippen LogP contribution in [-0.4, -0.2) is 37.7 Å². The summed E-state index contributed by atoms with van der Waals surface area (Å²) in [7, 11) is -2.53. The summed E-state index contributed by atoms with van der Waals surface area (Å²) in [6.07, 6.45) is -4.59. The third-order valence-corrected chi connectivity index (χ3v) is 5.52. The number of methoxy groups -OCH3 is 1. The highest BCUT2D eigenvalue weighted by Gasteiger charge is 2.34. The molecule has 7 nitrogen and oxygen atoms in total. The molecule has 1 aliphatic rings. The number of alkyl halides is 3. The fourth-order valence-corrected chi connectivity index (χ4v) is 4.04. The van der Waals surface area contributed by atoms with E-state index in [0.29, 0.717) is 23.8 Å². The Morgan fingerprint density at radius 2 is 2.12 bits per heavy atom. The van der Waals surface area contributed by atoms with Gasteiger partial charge < -0.3 is 13.9 Å². The number of halogens is 3. The number of hydrogen-bond donors (Lipinski definition) is 0. The van der Waals surface area contributed by atoms with Crippen molar-refractivity contribution in [3.05, 3.63) is 41.6 Å². The van der Waals surface area contributed by atoms with Crippen LogP contribution in [0.2, 0.25) is 0 Å². The summed E-state index contributed by atoms with van der Waals surface area (Å²) >= 11 is 0. The van der Waals surface area contributed by atoms with Crippen molar-refractivity contribution < 1.29 is 35.5 Å². The molecule has 2 heterocycles. The number of aromatic nitrogens is 1. The van der Waals surface area contributed by atoms with Crippen LogP contribution in [0.15, 0.2) is 33.6 Å². The molecular weight excluding hydrogens is 377 g/mol. The zero-order valence-electron chi connectivity index (χ0n) is 13.6. The lowest BCUT2D eigenvalue weighted by atomic mass is 10.2. The Morgan fingerprint density at radius 1 is 1.35 bits per heavy atom. The van der Waals surface area contributed by atoms with Crippen molar-refractivity contribution in [1.29, 1.82) is 0 Å². The topological polar surface area (TPSA) is 81.9 Å². The van der Waals surface area contributed by atoms with Crippen LogP contribution in [0, 0.1) is 0 Å². The van der Waals surface area contributed by atoms with Crippen molar-refractivity contribution in [2.45, 2.75) is 30.8 Å².